The lowest BCUT2D eigenvalue weighted by Gasteiger charge is -2.05. The second kappa shape index (κ2) is 4.77. The third-order valence-corrected chi connectivity index (χ3v) is 3.61. The van der Waals surface area contributed by atoms with Crippen LogP contribution in [0, 0.1) is 6.92 Å². The number of nitrogens with zero attached hydrogens (tertiary/aromatic N) is 1. The maximum atomic E-state index is 3.87. The zero-order chi connectivity index (χ0) is 13.2. The summed E-state index contributed by atoms with van der Waals surface area (Å²) in [6.45, 7) is 6.90. The summed E-state index contributed by atoms with van der Waals surface area (Å²) in [6.07, 6.45) is 1.95. The molecule has 94 valence electrons. The number of allylic oxidation sites excluding steroid dienone is 1. The van der Waals surface area contributed by atoms with Gasteiger partial charge in [-0.2, -0.15) is 0 Å². The molecule has 2 aromatic carbocycles. The van der Waals surface area contributed by atoms with Crippen LogP contribution in [-0.2, 0) is 6.54 Å². The fraction of sp³-hybridized carbons (Fsp3) is 0.111. The molecule has 0 aliphatic heterocycles. The average molecular weight is 247 g/mol. The van der Waals surface area contributed by atoms with E-state index >= 15 is 0 Å². The summed E-state index contributed by atoms with van der Waals surface area (Å²) in [6, 6.07) is 19.2. The maximum absolute atomic E-state index is 3.87. The Kier molecular flexibility index (Phi) is 2.96. The van der Waals surface area contributed by atoms with E-state index in [0.29, 0.717) is 0 Å². The molecule has 1 nitrogen and oxygen atoms in total. The molecule has 0 saturated heterocycles. The van der Waals surface area contributed by atoms with E-state index in [1.807, 2.05) is 6.08 Å². The standard InChI is InChI=1S/C18H17N/c1-3-13-19-14(2)18(15-9-5-4-6-10-15)16-11-7-8-12-17(16)19/h3-12H,1,13H2,2H3. The van der Waals surface area contributed by atoms with Gasteiger partial charge in [-0.1, -0.05) is 54.6 Å². The lowest BCUT2D eigenvalue weighted by atomic mass is 10.0. The summed E-state index contributed by atoms with van der Waals surface area (Å²) in [4.78, 5) is 0. The fourth-order valence-corrected chi connectivity index (χ4v) is 2.76. The third-order valence-electron chi connectivity index (χ3n) is 3.61. The van der Waals surface area contributed by atoms with E-state index in [9.17, 15) is 0 Å². The molecule has 0 aliphatic carbocycles. The normalized spacial score (nSPS) is 10.8. The summed E-state index contributed by atoms with van der Waals surface area (Å²) >= 11 is 0. The minimum Gasteiger partial charge on any atom is -0.340 e. The van der Waals surface area contributed by atoms with Crippen molar-refractivity contribution in [3.63, 3.8) is 0 Å². The second-order valence-corrected chi connectivity index (χ2v) is 4.74. The van der Waals surface area contributed by atoms with Crippen LogP contribution in [0.25, 0.3) is 22.0 Å². The van der Waals surface area contributed by atoms with Gasteiger partial charge in [-0.3, -0.25) is 0 Å². The van der Waals surface area contributed by atoms with Crippen LogP contribution in [0.3, 0.4) is 0 Å². The molecule has 0 atom stereocenters. The van der Waals surface area contributed by atoms with Crippen LogP contribution in [0.15, 0.2) is 67.3 Å². The Morgan fingerprint density at radius 1 is 1.00 bits per heavy atom. The van der Waals surface area contributed by atoms with Crippen molar-refractivity contribution in [2.45, 2.75) is 13.5 Å². The Balaban J connectivity index is 2.36. The Labute approximate surface area is 113 Å². The fourth-order valence-electron chi connectivity index (χ4n) is 2.76. The highest BCUT2D eigenvalue weighted by atomic mass is 15.0. The van der Waals surface area contributed by atoms with Gasteiger partial charge >= 0.3 is 0 Å². The zero-order valence-electron chi connectivity index (χ0n) is 11.1. The molecule has 3 rings (SSSR count). The van der Waals surface area contributed by atoms with Gasteiger partial charge < -0.3 is 4.57 Å². The first-order valence-corrected chi connectivity index (χ1v) is 6.57. The minimum atomic E-state index is 0.846. The van der Waals surface area contributed by atoms with Crippen LogP contribution >= 0.6 is 0 Å². The van der Waals surface area contributed by atoms with Gasteiger partial charge in [0.1, 0.15) is 0 Å². The van der Waals surface area contributed by atoms with Crippen molar-refractivity contribution in [1.82, 2.24) is 4.57 Å². The van der Waals surface area contributed by atoms with Crippen molar-refractivity contribution in [2.24, 2.45) is 0 Å². The monoisotopic (exact) mass is 247 g/mol. The van der Waals surface area contributed by atoms with Gasteiger partial charge in [0.15, 0.2) is 0 Å². The van der Waals surface area contributed by atoms with Crippen LogP contribution in [0.1, 0.15) is 5.69 Å². The molecule has 0 amide bonds. The first-order chi connectivity index (χ1) is 9.33. The van der Waals surface area contributed by atoms with E-state index in [2.05, 4.69) is 72.7 Å². The number of benzene rings is 2. The highest BCUT2D eigenvalue weighted by Crippen LogP contribution is 2.34. The zero-order valence-corrected chi connectivity index (χ0v) is 11.1. The number of fused-ring (bicyclic) bond motifs is 1. The van der Waals surface area contributed by atoms with E-state index in [1.54, 1.807) is 0 Å². The third kappa shape index (κ3) is 1.88. The molecule has 0 saturated carbocycles. The average Bonchev–Trinajstić information content (AvgIpc) is 2.73. The smallest absolute Gasteiger partial charge is 0.0491 e. The highest BCUT2D eigenvalue weighted by molar-refractivity contribution is 5.98. The van der Waals surface area contributed by atoms with Gasteiger partial charge in [-0.15, -0.1) is 6.58 Å². The SMILES string of the molecule is C=CCn1c(C)c(-c2ccccc2)c2ccccc21. The summed E-state index contributed by atoms with van der Waals surface area (Å²) in [5, 5.41) is 1.31. The van der Waals surface area contributed by atoms with Crippen LogP contribution < -0.4 is 0 Å². The number of rotatable bonds is 3. The molecule has 1 heterocycles. The Morgan fingerprint density at radius 3 is 2.42 bits per heavy atom. The van der Waals surface area contributed by atoms with Crippen molar-refractivity contribution in [2.75, 3.05) is 0 Å². The molecule has 0 aliphatic rings. The quantitative estimate of drug-likeness (QED) is 0.586. The van der Waals surface area contributed by atoms with Gasteiger partial charge in [0, 0.05) is 28.7 Å². The summed E-state index contributed by atoms with van der Waals surface area (Å²) in [7, 11) is 0. The van der Waals surface area contributed by atoms with Gasteiger partial charge in [0.05, 0.1) is 0 Å². The van der Waals surface area contributed by atoms with Crippen LogP contribution in [0.2, 0.25) is 0 Å². The molecule has 0 fully saturated rings. The summed E-state index contributed by atoms with van der Waals surface area (Å²) in [5.74, 6) is 0. The van der Waals surface area contributed by atoms with Crippen molar-refractivity contribution < 1.29 is 0 Å². The molecule has 19 heavy (non-hydrogen) atoms. The minimum absolute atomic E-state index is 0.846. The lowest BCUT2D eigenvalue weighted by molar-refractivity contribution is 0.830. The number of para-hydroxylation sites is 1. The van der Waals surface area contributed by atoms with Gasteiger partial charge in [0.2, 0.25) is 0 Å². The van der Waals surface area contributed by atoms with Crippen LogP contribution in [0.4, 0.5) is 0 Å². The Hall–Kier alpha value is -2.28. The molecule has 0 unspecified atom stereocenters. The van der Waals surface area contributed by atoms with Crippen LogP contribution in [0.5, 0.6) is 0 Å². The van der Waals surface area contributed by atoms with E-state index < -0.39 is 0 Å². The molecule has 0 bridgehead atoms. The number of hydrogen-bond donors (Lipinski definition) is 0. The van der Waals surface area contributed by atoms with Gasteiger partial charge in [0.25, 0.3) is 0 Å². The second-order valence-electron chi connectivity index (χ2n) is 4.74. The van der Waals surface area contributed by atoms with E-state index in [-0.39, 0.29) is 0 Å². The first-order valence-electron chi connectivity index (χ1n) is 6.57. The van der Waals surface area contributed by atoms with Crippen molar-refractivity contribution in [3.8, 4) is 11.1 Å². The van der Waals surface area contributed by atoms with Gasteiger partial charge in [-0.25, -0.2) is 0 Å². The highest BCUT2D eigenvalue weighted by Gasteiger charge is 2.13. The molecule has 1 heteroatoms. The molecule has 1 aromatic heterocycles. The first kappa shape index (κ1) is 11.8. The Morgan fingerprint density at radius 2 is 1.68 bits per heavy atom. The molecule has 0 N–H and O–H groups in total. The van der Waals surface area contributed by atoms with Crippen molar-refractivity contribution in [1.29, 1.82) is 0 Å². The maximum Gasteiger partial charge on any atom is 0.0491 e. The number of aromatic nitrogens is 1. The Bertz CT molecular complexity index is 720. The molecular weight excluding hydrogens is 230 g/mol. The summed E-state index contributed by atoms with van der Waals surface area (Å²) < 4.78 is 2.32. The summed E-state index contributed by atoms with van der Waals surface area (Å²) in [5.41, 5.74) is 5.18. The predicted molar refractivity (Wildman–Crippen MR) is 82.3 cm³/mol. The number of hydrogen-bond acceptors (Lipinski definition) is 0. The largest absolute Gasteiger partial charge is 0.340 e. The van der Waals surface area contributed by atoms with Crippen molar-refractivity contribution >= 4 is 10.9 Å². The van der Waals surface area contributed by atoms with Crippen molar-refractivity contribution in [3.05, 3.63) is 72.9 Å². The van der Waals surface area contributed by atoms with Gasteiger partial charge in [-0.05, 0) is 18.6 Å². The van der Waals surface area contributed by atoms with E-state index in [0.717, 1.165) is 6.54 Å². The topological polar surface area (TPSA) is 4.93 Å². The van der Waals surface area contributed by atoms with E-state index in [1.165, 1.54) is 27.7 Å². The predicted octanol–water partition coefficient (Wildman–Crippen LogP) is 4.80. The van der Waals surface area contributed by atoms with Crippen LogP contribution in [-0.4, -0.2) is 4.57 Å². The molecule has 3 aromatic rings. The lowest BCUT2D eigenvalue weighted by Crippen LogP contribution is -1.97. The molecule has 0 spiro atoms. The molecular formula is C18H17N. The van der Waals surface area contributed by atoms with E-state index in [4.69, 9.17) is 0 Å². The molecule has 0 radical (unpaired) electrons.